The van der Waals surface area contributed by atoms with E-state index in [1.54, 1.807) is 24.3 Å². The molecule has 1 saturated heterocycles. The molecular weight excluding hydrogens is 326 g/mol. The number of carbonyl (C=O) groups excluding carboxylic acids is 2. The van der Waals surface area contributed by atoms with Gasteiger partial charge in [-0.2, -0.15) is 0 Å². The number of carbonyl (C=O) groups is 3. The average Bonchev–Trinajstić information content (AvgIpc) is 2.99. The van der Waals surface area contributed by atoms with Gasteiger partial charge in [0, 0.05) is 18.6 Å². The van der Waals surface area contributed by atoms with Gasteiger partial charge in [0.15, 0.2) is 5.78 Å². The molecule has 1 aliphatic rings. The van der Waals surface area contributed by atoms with Crippen LogP contribution in [0.2, 0.25) is 0 Å². The van der Waals surface area contributed by atoms with Crippen LogP contribution in [0, 0.1) is 0 Å². The second-order valence-electron chi connectivity index (χ2n) is 6.23. The number of Topliss-reactive ketones (excluding diaryl/α,β-unsaturated/α-hetero) is 1. The van der Waals surface area contributed by atoms with Gasteiger partial charge in [-0.25, -0.2) is 0 Å². The number of carboxylic acid groups (broad SMARTS) is 1. The fraction of sp³-hybridized carbons (Fsp3) is 0.500. The van der Waals surface area contributed by atoms with Gasteiger partial charge in [0.25, 0.3) is 0 Å². The van der Waals surface area contributed by atoms with E-state index in [4.69, 9.17) is 14.6 Å². The van der Waals surface area contributed by atoms with E-state index in [2.05, 4.69) is 5.32 Å². The van der Waals surface area contributed by atoms with Crippen molar-refractivity contribution in [3.63, 3.8) is 0 Å². The molecule has 2 N–H and O–H groups in total. The standard InChI is InChI=1S/C18H23NO6/c1-13(20)14-4-6-15(7-5-14)25-9-2-3-16(21)19-18(11-17(22)23)8-10-24-12-18/h4-7H,2-3,8-12H2,1H3,(H,19,21)(H,22,23). The van der Waals surface area contributed by atoms with Crippen molar-refractivity contribution in [1.82, 2.24) is 5.32 Å². The van der Waals surface area contributed by atoms with Gasteiger partial charge < -0.3 is 19.9 Å². The van der Waals surface area contributed by atoms with Crippen LogP contribution in [-0.4, -0.2) is 48.1 Å². The smallest absolute Gasteiger partial charge is 0.305 e. The molecule has 136 valence electrons. The molecule has 0 aliphatic carbocycles. The van der Waals surface area contributed by atoms with Crippen molar-refractivity contribution in [2.24, 2.45) is 0 Å². The Bertz CT molecular complexity index is 619. The molecule has 2 rings (SSSR count). The number of hydrogen-bond donors (Lipinski definition) is 2. The van der Waals surface area contributed by atoms with Crippen LogP contribution in [0.4, 0.5) is 0 Å². The van der Waals surface area contributed by atoms with Crippen LogP contribution < -0.4 is 10.1 Å². The summed E-state index contributed by atoms with van der Waals surface area (Å²) in [5, 5.41) is 11.8. The lowest BCUT2D eigenvalue weighted by atomic mass is 9.94. The number of aliphatic carboxylic acids is 1. The second kappa shape index (κ2) is 8.62. The minimum absolute atomic E-state index is 0.00518. The van der Waals surface area contributed by atoms with E-state index in [1.165, 1.54) is 6.92 Å². The molecule has 25 heavy (non-hydrogen) atoms. The Balaban J connectivity index is 1.72. The van der Waals surface area contributed by atoms with Gasteiger partial charge in [-0.15, -0.1) is 0 Å². The lowest BCUT2D eigenvalue weighted by Gasteiger charge is -2.27. The largest absolute Gasteiger partial charge is 0.494 e. The number of hydrogen-bond acceptors (Lipinski definition) is 5. The first-order valence-electron chi connectivity index (χ1n) is 8.25. The molecule has 1 aromatic rings. The molecule has 0 saturated carbocycles. The zero-order valence-corrected chi connectivity index (χ0v) is 14.2. The lowest BCUT2D eigenvalue weighted by Crippen LogP contribution is -2.50. The van der Waals surface area contributed by atoms with Gasteiger partial charge in [0.2, 0.25) is 5.91 Å². The molecule has 7 nitrogen and oxygen atoms in total. The van der Waals surface area contributed by atoms with Crippen LogP contribution in [0.25, 0.3) is 0 Å². The maximum Gasteiger partial charge on any atom is 0.305 e. The maximum absolute atomic E-state index is 12.1. The van der Waals surface area contributed by atoms with Crippen LogP contribution in [0.5, 0.6) is 5.75 Å². The zero-order chi connectivity index (χ0) is 18.3. The monoisotopic (exact) mass is 349 g/mol. The molecule has 1 atom stereocenters. The Morgan fingerprint density at radius 2 is 2.00 bits per heavy atom. The molecule has 0 bridgehead atoms. The van der Waals surface area contributed by atoms with Crippen LogP contribution >= 0.6 is 0 Å². The fourth-order valence-corrected chi connectivity index (χ4v) is 2.75. The van der Waals surface area contributed by atoms with Crippen LogP contribution in [0.15, 0.2) is 24.3 Å². The van der Waals surface area contributed by atoms with Crippen molar-refractivity contribution in [1.29, 1.82) is 0 Å². The summed E-state index contributed by atoms with van der Waals surface area (Å²) in [5.74, 6) is -0.531. The van der Waals surface area contributed by atoms with E-state index in [0.717, 1.165) is 0 Å². The van der Waals surface area contributed by atoms with E-state index in [-0.39, 0.29) is 31.1 Å². The normalized spacial score (nSPS) is 19.4. The maximum atomic E-state index is 12.1. The van der Waals surface area contributed by atoms with Crippen molar-refractivity contribution >= 4 is 17.7 Å². The summed E-state index contributed by atoms with van der Waals surface area (Å²) in [7, 11) is 0. The Labute approximate surface area is 146 Å². The third-order valence-corrected chi connectivity index (χ3v) is 4.08. The first-order valence-corrected chi connectivity index (χ1v) is 8.25. The highest BCUT2D eigenvalue weighted by atomic mass is 16.5. The van der Waals surface area contributed by atoms with E-state index >= 15 is 0 Å². The summed E-state index contributed by atoms with van der Waals surface area (Å²) in [4.78, 5) is 34.2. The number of ketones is 1. The van der Waals surface area contributed by atoms with Crippen molar-refractivity contribution in [2.75, 3.05) is 19.8 Å². The Morgan fingerprint density at radius 1 is 1.28 bits per heavy atom. The minimum atomic E-state index is -0.955. The van der Waals surface area contributed by atoms with Gasteiger partial charge in [0.05, 0.1) is 25.2 Å². The Morgan fingerprint density at radius 3 is 2.56 bits per heavy atom. The van der Waals surface area contributed by atoms with Crippen LogP contribution in [-0.2, 0) is 14.3 Å². The molecular formula is C18H23NO6. The summed E-state index contributed by atoms with van der Waals surface area (Å²) < 4.78 is 10.8. The summed E-state index contributed by atoms with van der Waals surface area (Å²) in [6, 6.07) is 6.82. The van der Waals surface area contributed by atoms with Gasteiger partial charge in [-0.05, 0) is 44.0 Å². The average molecular weight is 349 g/mol. The van der Waals surface area contributed by atoms with Crippen molar-refractivity contribution in [2.45, 2.75) is 38.1 Å². The van der Waals surface area contributed by atoms with Crippen LogP contribution in [0.3, 0.4) is 0 Å². The molecule has 1 fully saturated rings. The van der Waals surface area contributed by atoms with Crippen molar-refractivity contribution in [3.05, 3.63) is 29.8 Å². The molecule has 1 heterocycles. The predicted octanol–water partition coefficient (Wildman–Crippen LogP) is 1.80. The van der Waals surface area contributed by atoms with E-state index < -0.39 is 11.5 Å². The Hall–Kier alpha value is -2.41. The third-order valence-electron chi connectivity index (χ3n) is 4.08. The molecule has 7 heteroatoms. The van der Waals surface area contributed by atoms with E-state index in [1.807, 2.05) is 0 Å². The van der Waals surface area contributed by atoms with Crippen LogP contribution in [0.1, 0.15) is 43.0 Å². The number of carboxylic acids is 1. The second-order valence-corrected chi connectivity index (χ2v) is 6.23. The highest BCUT2D eigenvalue weighted by Gasteiger charge is 2.38. The minimum Gasteiger partial charge on any atom is -0.494 e. The number of benzene rings is 1. The highest BCUT2D eigenvalue weighted by Crippen LogP contribution is 2.23. The van der Waals surface area contributed by atoms with E-state index in [9.17, 15) is 14.4 Å². The summed E-state index contributed by atoms with van der Waals surface area (Å²) in [6.07, 6.45) is 1.11. The van der Waals surface area contributed by atoms with Gasteiger partial charge in [0.1, 0.15) is 5.75 Å². The molecule has 1 aromatic carbocycles. The number of rotatable bonds is 9. The third kappa shape index (κ3) is 5.86. The van der Waals surface area contributed by atoms with Gasteiger partial charge in [-0.3, -0.25) is 14.4 Å². The first kappa shape index (κ1) is 18.9. The molecule has 1 aliphatic heterocycles. The zero-order valence-electron chi connectivity index (χ0n) is 14.2. The van der Waals surface area contributed by atoms with Gasteiger partial charge >= 0.3 is 5.97 Å². The molecule has 1 amide bonds. The number of nitrogens with one attached hydrogen (secondary N) is 1. The summed E-state index contributed by atoms with van der Waals surface area (Å²) >= 11 is 0. The number of amides is 1. The number of ether oxygens (including phenoxy) is 2. The quantitative estimate of drug-likeness (QED) is 0.521. The topological polar surface area (TPSA) is 102 Å². The molecule has 1 unspecified atom stereocenters. The van der Waals surface area contributed by atoms with E-state index in [0.29, 0.717) is 37.4 Å². The first-order chi connectivity index (χ1) is 11.9. The van der Waals surface area contributed by atoms with Gasteiger partial charge in [-0.1, -0.05) is 0 Å². The lowest BCUT2D eigenvalue weighted by molar-refractivity contribution is -0.139. The SMILES string of the molecule is CC(=O)c1ccc(OCCCC(=O)NC2(CC(=O)O)CCOC2)cc1. The van der Waals surface area contributed by atoms with Crippen molar-refractivity contribution < 1.29 is 29.0 Å². The Kier molecular flexibility index (Phi) is 6.52. The molecule has 0 spiro atoms. The molecule has 0 aromatic heterocycles. The highest BCUT2D eigenvalue weighted by molar-refractivity contribution is 5.94. The van der Waals surface area contributed by atoms with Crippen molar-refractivity contribution in [3.8, 4) is 5.75 Å². The fourth-order valence-electron chi connectivity index (χ4n) is 2.75. The summed E-state index contributed by atoms with van der Waals surface area (Å²) in [6.45, 7) is 2.53. The summed E-state index contributed by atoms with van der Waals surface area (Å²) in [5.41, 5.74) is -0.180. The molecule has 0 radical (unpaired) electrons. The predicted molar refractivity (Wildman–Crippen MR) is 89.7 cm³/mol.